The summed E-state index contributed by atoms with van der Waals surface area (Å²) >= 11 is 0. The highest BCUT2D eigenvalue weighted by molar-refractivity contribution is 6.07. The lowest BCUT2D eigenvalue weighted by Crippen LogP contribution is -2.31. The molecule has 0 unspecified atom stereocenters. The van der Waals surface area contributed by atoms with Crippen molar-refractivity contribution in [3.8, 4) is 0 Å². The number of nitrogens with one attached hydrogen (secondary N) is 2. The molecule has 2 heterocycles. The van der Waals surface area contributed by atoms with Crippen molar-refractivity contribution in [2.24, 2.45) is 0 Å². The van der Waals surface area contributed by atoms with Gasteiger partial charge in [0.05, 0.1) is 23.9 Å². The molecule has 0 radical (unpaired) electrons. The number of fused-ring (bicyclic) bond motifs is 3. The Hall–Kier alpha value is -3.87. The van der Waals surface area contributed by atoms with Gasteiger partial charge in [0.1, 0.15) is 0 Å². The summed E-state index contributed by atoms with van der Waals surface area (Å²) in [5.41, 5.74) is 3.19. The van der Waals surface area contributed by atoms with Gasteiger partial charge in [0.15, 0.2) is 0 Å². The van der Waals surface area contributed by atoms with Gasteiger partial charge in [-0.15, -0.1) is 0 Å². The molecule has 0 aliphatic carbocycles. The maximum absolute atomic E-state index is 12.3. The molecular weight excluding hydrogens is 380 g/mol. The molecule has 0 spiro atoms. The normalized spacial score (nSPS) is 10.8. The number of urea groups is 1. The number of para-hydroxylation sites is 1. The summed E-state index contributed by atoms with van der Waals surface area (Å²) in [4.78, 5) is 28.2. The number of nitrogens with zero attached hydrogens (tertiary/aromatic N) is 2. The number of amides is 2. The van der Waals surface area contributed by atoms with Crippen LogP contribution in [-0.4, -0.2) is 34.7 Å². The minimum Gasteiger partial charge on any atom is -0.462 e. The molecule has 2 aromatic carbocycles. The second-order valence-corrected chi connectivity index (χ2v) is 6.74. The second-order valence-electron chi connectivity index (χ2n) is 6.74. The van der Waals surface area contributed by atoms with Crippen LogP contribution < -0.4 is 10.6 Å². The number of esters is 1. The lowest BCUT2D eigenvalue weighted by molar-refractivity contribution is 0.0526. The van der Waals surface area contributed by atoms with Crippen molar-refractivity contribution in [1.82, 2.24) is 14.9 Å². The summed E-state index contributed by atoms with van der Waals surface area (Å²) in [7, 11) is 0. The third-order valence-corrected chi connectivity index (χ3v) is 4.85. The summed E-state index contributed by atoms with van der Waals surface area (Å²) in [6, 6.07) is 16.5. The highest BCUT2D eigenvalue weighted by Crippen LogP contribution is 2.27. The van der Waals surface area contributed by atoms with Crippen LogP contribution >= 0.6 is 0 Å². The van der Waals surface area contributed by atoms with E-state index in [2.05, 4.69) is 32.3 Å². The first kappa shape index (κ1) is 19.4. The second kappa shape index (κ2) is 8.65. The predicted molar refractivity (Wildman–Crippen MR) is 117 cm³/mol. The van der Waals surface area contributed by atoms with Gasteiger partial charge in [-0.3, -0.25) is 4.98 Å². The minimum absolute atomic E-state index is 0.308. The molecule has 0 saturated heterocycles. The van der Waals surface area contributed by atoms with Gasteiger partial charge >= 0.3 is 12.0 Å². The molecule has 0 aliphatic rings. The minimum atomic E-state index is -0.380. The zero-order valence-electron chi connectivity index (χ0n) is 16.6. The van der Waals surface area contributed by atoms with Gasteiger partial charge in [0.25, 0.3) is 0 Å². The Kier molecular flexibility index (Phi) is 5.61. The van der Waals surface area contributed by atoms with E-state index >= 15 is 0 Å². The van der Waals surface area contributed by atoms with Crippen molar-refractivity contribution in [3.63, 3.8) is 0 Å². The van der Waals surface area contributed by atoms with E-state index in [9.17, 15) is 9.59 Å². The molecule has 0 bridgehead atoms. The molecule has 152 valence electrons. The van der Waals surface area contributed by atoms with Gasteiger partial charge in [-0.2, -0.15) is 0 Å². The van der Waals surface area contributed by atoms with E-state index < -0.39 is 0 Å². The summed E-state index contributed by atoms with van der Waals surface area (Å²) < 4.78 is 7.11. The Morgan fingerprint density at radius 2 is 1.77 bits per heavy atom. The van der Waals surface area contributed by atoms with Crippen molar-refractivity contribution in [1.29, 1.82) is 0 Å². The van der Waals surface area contributed by atoms with Crippen LogP contribution in [0.15, 0.2) is 67.0 Å². The van der Waals surface area contributed by atoms with Crippen LogP contribution in [0.2, 0.25) is 0 Å². The first-order valence-corrected chi connectivity index (χ1v) is 9.80. The lowest BCUT2D eigenvalue weighted by atomic mass is 10.2. The van der Waals surface area contributed by atoms with Crippen molar-refractivity contribution in [3.05, 3.63) is 72.6 Å². The molecule has 0 fully saturated rings. The predicted octanol–water partition coefficient (Wildman–Crippen LogP) is 4.19. The van der Waals surface area contributed by atoms with E-state index in [-0.39, 0.29) is 12.0 Å². The first-order valence-electron chi connectivity index (χ1n) is 9.80. The number of anilines is 1. The molecule has 0 saturated carbocycles. The zero-order valence-corrected chi connectivity index (χ0v) is 16.6. The molecular formula is C23H22N4O3. The maximum atomic E-state index is 12.3. The standard InChI is InChI=1S/C23H22N4O3/c1-2-30-22(28)16-7-9-17(10-8-16)26-23(29)25-13-14-27-20-6-4-3-5-18(20)19-11-12-24-15-21(19)27/h3-12,15H,2,13-14H2,1H3,(H2,25,26,29). The third kappa shape index (κ3) is 3.96. The van der Waals surface area contributed by atoms with Crippen LogP contribution in [0.3, 0.4) is 0 Å². The summed E-state index contributed by atoms with van der Waals surface area (Å²) in [6.07, 6.45) is 3.64. The molecule has 2 aromatic heterocycles. The smallest absolute Gasteiger partial charge is 0.338 e. The fraction of sp³-hybridized carbons (Fsp3) is 0.174. The van der Waals surface area contributed by atoms with E-state index in [1.165, 1.54) is 5.39 Å². The van der Waals surface area contributed by atoms with Crippen molar-refractivity contribution in [2.45, 2.75) is 13.5 Å². The number of hydrogen-bond acceptors (Lipinski definition) is 4. The number of ether oxygens (including phenoxy) is 1. The summed E-state index contributed by atoms with van der Waals surface area (Å²) in [5, 5.41) is 7.96. The van der Waals surface area contributed by atoms with Gasteiger partial charge in [0, 0.05) is 41.3 Å². The van der Waals surface area contributed by atoms with E-state index in [4.69, 9.17) is 4.74 Å². The monoisotopic (exact) mass is 402 g/mol. The van der Waals surface area contributed by atoms with Crippen LogP contribution in [0.25, 0.3) is 21.8 Å². The molecule has 30 heavy (non-hydrogen) atoms. The number of pyridine rings is 1. The molecule has 0 aliphatic heterocycles. The van der Waals surface area contributed by atoms with E-state index in [0.29, 0.717) is 30.9 Å². The topological polar surface area (TPSA) is 85.2 Å². The Morgan fingerprint density at radius 3 is 2.57 bits per heavy atom. The van der Waals surface area contributed by atoms with Crippen LogP contribution in [0.5, 0.6) is 0 Å². The van der Waals surface area contributed by atoms with Gasteiger partial charge in [0.2, 0.25) is 0 Å². The fourth-order valence-corrected chi connectivity index (χ4v) is 3.50. The van der Waals surface area contributed by atoms with E-state index in [1.807, 2.05) is 24.4 Å². The van der Waals surface area contributed by atoms with E-state index in [0.717, 1.165) is 16.4 Å². The fourth-order valence-electron chi connectivity index (χ4n) is 3.50. The Labute approximate surface area is 173 Å². The number of benzene rings is 2. The van der Waals surface area contributed by atoms with Gasteiger partial charge < -0.3 is 19.9 Å². The highest BCUT2D eigenvalue weighted by atomic mass is 16.5. The average molecular weight is 402 g/mol. The number of aromatic nitrogens is 2. The SMILES string of the molecule is CCOC(=O)c1ccc(NC(=O)NCCn2c3ccccc3c3ccncc32)cc1. The Morgan fingerprint density at radius 1 is 1.00 bits per heavy atom. The Bertz CT molecular complexity index is 1150. The van der Waals surface area contributed by atoms with Crippen LogP contribution in [-0.2, 0) is 11.3 Å². The first-order chi connectivity index (χ1) is 14.7. The largest absolute Gasteiger partial charge is 0.462 e. The van der Waals surface area contributed by atoms with Crippen molar-refractivity contribution < 1.29 is 14.3 Å². The van der Waals surface area contributed by atoms with Crippen molar-refractivity contribution >= 4 is 39.5 Å². The molecule has 0 atom stereocenters. The number of rotatable bonds is 6. The number of hydrogen-bond donors (Lipinski definition) is 2. The van der Waals surface area contributed by atoms with Crippen LogP contribution in [0.4, 0.5) is 10.5 Å². The van der Waals surface area contributed by atoms with Gasteiger partial charge in [-0.25, -0.2) is 9.59 Å². The molecule has 2 amide bonds. The van der Waals surface area contributed by atoms with E-state index in [1.54, 1.807) is 37.4 Å². The molecule has 4 rings (SSSR count). The molecule has 7 heteroatoms. The Balaban J connectivity index is 1.39. The van der Waals surface area contributed by atoms with Crippen molar-refractivity contribution in [2.75, 3.05) is 18.5 Å². The molecule has 4 aromatic rings. The maximum Gasteiger partial charge on any atom is 0.338 e. The third-order valence-electron chi connectivity index (χ3n) is 4.85. The quantitative estimate of drug-likeness (QED) is 0.474. The summed E-state index contributed by atoms with van der Waals surface area (Å²) in [5.74, 6) is -0.380. The van der Waals surface area contributed by atoms with Gasteiger partial charge in [-0.1, -0.05) is 18.2 Å². The van der Waals surface area contributed by atoms with Gasteiger partial charge in [-0.05, 0) is 43.3 Å². The number of carbonyl (C=O) groups excluding carboxylic acids is 2. The highest BCUT2D eigenvalue weighted by Gasteiger charge is 2.11. The lowest BCUT2D eigenvalue weighted by Gasteiger charge is -2.10. The average Bonchev–Trinajstić information content (AvgIpc) is 3.09. The zero-order chi connectivity index (χ0) is 20.9. The number of carbonyl (C=O) groups is 2. The van der Waals surface area contributed by atoms with Crippen LogP contribution in [0.1, 0.15) is 17.3 Å². The summed E-state index contributed by atoms with van der Waals surface area (Å²) in [6.45, 7) is 3.15. The molecule has 2 N–H and O–H groups in total. The molecule has 7 nitrogen and oxygen atoms in total. The van der Waals surface area contributed by atoms with Crippen LogP contribution in [0, 0.1) is 0 Å².